The van der Waals surface area contributed by atoms with Crippen LogP contribution in [0, 0.1) is 0 Å². The molecule has 74 heavy (non-hydrogen) atoms. The molecule has 12 aromatic carbocycles. The number of rotatable bonds is 8. The van der Waals surface area contributed by atoms with Gasteiger partial charge in [-0.15, -0.1) is 0 Å². The third-order valence-electron chi connectivity index (χ3n) is 15.6. The van der Waals surface area contributed by atoms with E-state index in [1.54, 1.807) is 0 Å². The number of benzene rings is 12. The molecule has 0 amide bonds. The molecule has 0 spiro atoms. The van der Waals surface area contributed by atoms with Crippen LogP contribution in [-0.4, -0.2) is 4.98 Å². The van der Waals surface area contributed by atoms with Crippen LogP contribution in [0.4, 0.5) is 17.1 Å². The number of pyridine rings is 1. The van der Waals surface area contributed by atoms with E-state index in [2.05, 4.69) is 286 Å². The fraction of sp³-hybridized carbons (Fsp3) is 0.0417. The molecule has 0 atom stereocenters. The van der Waals surface area contributed by atoms with Gasteiger partial charge in [-0.3, -0.25) is 0 Å². The number of aromatic nitrogens is 1. The monoisotopic (exact) mass is 942 g/mol. The van der Waals surface area contributed by atoms with Crippen molar-refractivity contribution in [2.24, 2.45) is 0 Å². The van der Waals surface area contributed by atoms with Crippen LogP contribution < -0.4 is 4.90 Å². The average molecular weight is 943 g/mol. The van der Waals surface area contributed by atoms with Gasteiger partial charge in [-0.05, 0) is 148 Å². The van der Waals surface area contributed by atoms with E-state index in [1.807, 2.05) is 0 Å². The molecule has 0 unspecified atom stereocenters. The SMILES string of the molecule is CC1(C)c2ccccc2-c2ccc(-c3cc(-c4ccc(N(c5ccccc5)c5ccccc5)cc4)c4cccc(-c5ccc(-c6c7ccccc7c(-c7ccc8ccccc8c7)c7ccccc67)cc5)c4n3)cc21. The third-order valence-corrected chi connectivity index (χ3v) is 15.6. The summed E-state index contributed by atoms with van der Waals surface area (Å²) in [6, 6.07) is 97.7. The summed E-state index contributed by atoms with van der Waals surface area (Å²) in [4.78, 5) is 7.98. The number of para-hydroxylation sites is 3. The molecule has 2 heteroatoms. The predicted octanol–water partition coefficient (Wildman–Crippen LogP) is 19.8. The van der Waals surface area contributed by atoms with E-state index in [1.165, 1.54) is 76.8 Å². The van der Waals surface area contributed by atoms with Gasteiger partial charge in [0.25, 0.3) is 0 Å². The van der Waals surface area contributed by atoms with E-state index in [-0.39, 0.29) is 5.41 Å². The van der Waals surface area contributed by atoms with E-state index in [9.17, 15) is 0 Å². The Kier molecular flexibility index (Phi) is 10.2. The maximum atomic E-state index is 5.67. The summed E-state index contributed by atoms with van der Waals surface area (Å²) in [5.41, 5.74) is 21.0. The van der Waals surface area contributed by atoms with Crippen molar-refractivity contribution in [2.75, 3.05) is 4.90 Å². The molecule has 2 nitrogen and oxygen atoms in total. The minimum Gasteiger partial charge on any atom is -0.311 e. The number of fused-ring (bicyclic) bond motifs is 7. The highest BCUT2D eigenvalue weighted by Crippen LogP contribution is 2.50. The Labute approximate surface area is 432 Å². The Bertz CT molecular complexity index is 4210. The zero-order chi connectivity index (χ0) is 49.3. The van der Waals surface area contributed by atoms with Crippen LogP contribution in [0.2, 0.25) is 0 Å². The maximum Gasteiger partial charge on any atom is 0.0794 e. The Balaban J connectivity index is 0.918. The van der Waals surface area contributed by atoms with Crippen LogP contribution in [0.15, 0.2) is 267 Å². The van der Waals surface area contributed by atoms with E-state index >= 15 is 0 Å². The van der Waals surface area contributed by atoms with Gasteiger partial charge in [0, 0.05) is 39.0 Å². The Hall–Kier alpha value is -9.37. The second-order valence-electron chi connectivity index (χ2n) is 20.2. The molecule has 1 aliphatic carbocycles. The van der Waals surface area contributed by atoms with Crippen molar-refractivity contribution >= 4 is 60.3 Å². The molecule has 0 saturated carbocycles. The summed E-state index contributed by atoms with van der Waals surface area (Å²) < 4.78 is 0. The summed E-state index contributed by atoms with van der Waals surface area (Å²) in [5, 5.41) is 8.58. The highest BCUT2D eigenvalue weighted by atomic mass is 15.1. The molecule has 1 aromatic heterocycles. The lowest BCUT2D eigenvalue weighted by Gasteiger charge is -2.25. The van der Waals surface area contributed by atoms with Crippen molar-refractivity contribution < 1.29 is 0 Å². The van der Waals surface area contributed by atoms with Crippen molar-refractivity contribution in [3.63, 3.8) is 0 Å². The van der Waals surface area contributed by atoms with Gasteiger partial charge in [-0.1, -0.05) is 226 Å². The topological polar surface area (TPSA) is 16.1 Å². The summed E-state index contributed by atoms with van der Waals surface area (Å²) in [7, 11) is 0. The maximum absolute atomic E-state index is 5.67. The summed E-state index contributed by atoms with van der Waals surface area (Å²) >= 11 is 0. The van der Waals surface area contributed by atoms with E-state index < -0.39 is 0 Å². The number of anilines is 3. The fourth-order valence-electron chi connectivity index (χ4n) is 12.0. The molecule has 0 radical (unpaired) electrons. The van der Waals surface area contributed by atoms with Gasteiger partial charge in [0.1, 0.15) is 0 Å². The first-order chi connectivity index (χ1) is 36.5. The Morgan fingerprint density at radius 1 is 0.297 bits per heavy atom. The number of hydrogen-bond acceptors (Lipinski definition) is 2. The minimum atomic E-state index is -0.138. The smallest absolute Gasteiger partial charge is 0.0794 e. The van der Waals surface area contributed by atoms with E-state index in [0.29, 0.717) is 0 Å². The highest BCUT2D eigenvalue weighted by molar-refractivity contribution is 6.22. The zero-order valence-corrected chi connectivity index (χ0v) is 41.3. The van der Waals surface area contributed by atoms with Crippen LogP contribution in [-0.2, 0) is 5.41 Å². The summed E-state index contributed by atoms with van der Waals surface area (Å²) in [5.74, 6) is 0. The summed E-state index contributed by atoms with van der Waals surface area (Å²) in [6.45, 7) is 4.70. The lowest BCUT2D eigenvalue weighted by Crippen LogP contribution is -2.14. The van der Waals surface area contributed by atoms with E-state index in [4.69, 9.17) is 4.98 Å². The van der Waals surface area contributed by atoms with Gasteiger partial charge in [-0.25, -0.2) is 4.98 Å². The number of hydrogen-bond donors (Lipinski definition) is 0. The van der Waals surface area contributed by atoms with Gasteiger partial charge >= 0.3 is 0 Å². The van der Waals surface area contributed by atoms with Crippen molar-refractivity contribution in [1.82, 2.24) is 4.98 Å². The first-order valence-corrected chi connectivity index (χ1v) is 25.7. The molecule has 348 valence electrons. The standard InChI is InChI=1S/C72H50N2/c1-72(2)66-31-16-15-24-58(66)59-43-40-52(45-67(59)72)68-46-65(49-38-41-56(42-39-49)74(54-20-5-3-6-21-54)55-22-7-4-8-23-55)64-30-17-29-57(71(64)73-68)48-33-35-50(36-34-48)69-60-25-11-13-27-62(60)70(63-28-14-12-26-61(63)69)53-37-32-47-18-9-10-19-51(47)44-53/h3-46H,1-2H3. The van der Waals surface area contributed by atoms with Crippen LogP contribution in [0.3, 0.4) is 0 Å². The van der Waals surface area contributed by atoms with Crippen molar-refractivity contribution in [3.05, 3.63) is 278 Å². The Morgan fingerprint density at radius 2 is 0.770 bits per heavy atom. The van der Waals surface area contributed by atoms with Crippen molar-refractivity contribution in [2.45, 2.75) is 19.3 Å². The third kappa shape index (κ3) is 7.13. The van der Waals surface area contributed by atoms with E-state index in [0.717, 1.165) is 61.5 Å². The molecular formula is C72H50N2. The van der Waals surface area contributed by atoms with Gasteiger partial charge in [0.2, 0.25) is 0 Å². The van der Waals surface area contributed by atoms with Gasteiger partial charge < -0.3 is 4.90 Å². The lowest BCUT2D eigenvalue weighted by atomic mass is 9.82. The molecule has 0 N–H and O–H groups in total. The molecular weight excluding hydrogens is 893 g/mol. The molecule has 1 heterocycles. The van der Waals surface area contributed by atoms with Crippen LogP contribution >= 0.6 is 0 Å². The molecule has 0 saturated heterocycles. The van der Waals surface area contributed by atoms with Gasteiger partial charge in [0.15, 0.2) is 0 Å². The molecule has 14 rings (SSSR count). The zero-order valence-electron chi connectivity index (χ0n) is 41.3. The first-order valence-electron chi connectivity index (χ1n) is 25.7. The average Bonchev–Trinajstić information content (AvgIpc) is 3.69. The first kappa shape index (κ1) is 43.4. The second-order valence-corrected chi connectivity index (χ2v) is 20.2. The van der Waals surface area contributed by atoms with Gasteiger partial charge in [-0.2, -0.15) is 0 Å². The lowest BCUT2D eigenvalue weighted by molar-refractivity contribution is 0.660. The second kappa shape index (κ2) is 17.4. The normalized spacial score (nSPS) is 12.6. The molecule has 13 aromatic rings. The highest BCUT2D eigenvalue weighted by Gasteiger charge is 2.35. The molecule has 0 fully saturated rings. The Morgan fingerprint density at radius 3 is 1.45 bits per heavy atom. The summed E-state index contributed by atoms with van der Waals surface area (Å²) in [6.07, 6.45) is 0. The van der Waals surface area contributed by atoms with Crippen LogP contribution in [0.25, 0.3) is 110 Å². The molecule has 1 aliphatic rings. The number of nitrogens with zero attached hydrogens (tertiary/aromatic N) is 2. The quantitative estimate of drug-likeness (QED) is 0.141. The largest absolute Gasteiger partial charge is 0.311 e. The van der Waals surface area contributed by atoms with Crippen molar-refractivity contribution in [3.8, 4) is 66.9 Å². The minimum absolute atomic E-state index is 0.138. The molecule has 0 bridgehead atoms. The van der Waals surface area contributed by atoms with Crippen LogP contribution in [0.5, 0.6) is 0 Å². The predicted molar refractivity (Wildman–Crippen MR) is 314 cm³/mol. The van der Waals surface area contributed by atoms with Crippen molar-refractivity contribution in [1.29, 1.82) is 0 Å². The van der Waals surface area contributed by atoms with Gasteiger partial charge in [0.05, 0.1) is 11.2 Å². The molecule has 0 aliphatic heterocycles. The fourth-order valence-corrected chi connectivity index (χ4v) is 12.0. The van der Waals surface area contributed by atoms with Crippen LogP contribution in [0.1, 0.15) is 25.0 Å².